The predicted molar refractivity (Wildman–Crippen MR) is 62.9 cm³/mol. The molecule has 94 valence electrons. The third kappa shape index (κ3) is 3.99. The molecule has 0 bridgehead atoms. The minimum Gasteiger partial charge on any atom is -0.464 e. The van der Waals surface area contributed by atoms with Crippen LogP contribution in [0, 0.1) is 0 Å². The van der Waals surface area contributed by atoms with Crippen LogP contribution < -0.4 is 5.32 Å². The Kier molecular flexibility index (Phi) is 5.35. The first-order valence-electron chi connectivity index (χ1n) is 5.37. The van der Waals surface area contributed by atoms with Gasteiger partial charge in [0, 0.05) is 7.11 Å². The maximum absolute atomic E-state index is 11.1. The van der Waals surface area contributed by atoms with E-state index in [2.05, 4.69) is 20.0 Å². The predicted octanol–water partition coefficient (Wildman–Crippen LogP) is 1.10. The molecular formula is C11H17N3O3. The van der Waals surface area contributed by atoms with Gasteiger partial charge in [0.25, 0.3) is 0 Å². The largest absolute Gasteiger partial charge is 0.464 e. The zero-order valence-corrected chi connectivity index (χ0v) is 10.3. The molecule has 1 heterocycles. The average molecular weight is 239 g/mol. The molecule has 0 aliphatic rings. The van der Waals surface area contributed by atoms with Gasteiger partial charge in [-0.25, -0.2) is 14.8 Å². The highest BCUT2D eigenvalue weighted by Gasteiger charge is 2.09. The van der Waals surface area contributed by atoms with E-state index >= 15 is 0 Å². The number of nitrogens with zero attached hydrogens (tertiary/aromatic N) is 2. The second kappa shape index (κ2) is 6.80. The van der Waals surface area contributed by atoms with Crippen molar-refractivity contribution in [1.29, 1.82) is 0 Å². The van der Waals surface area contributed by atoms with Gasteiger partial charge in [0.1, 0.15) is 5.82 Å². The van der Waals surface area contributed by atoms with Crippen molar-refractivity contribution in [1.82, 2.24) is 9.97 Å². The van der Waals surface area contributed by atoms with Gasteiger partial charge in [-0.3, -0.25) is 0 Å². The lowest BCUT2D eigenvalue weighted by Crippen LogP contribution is -2.24. The number of carbonyl (C=O) groups is 1. The molecule has 0 aromatic carbocycles. The van der Waals surface area contributed by atoms with Crippen LogP contribution in [0.5, 0.6) is 0 Å². The van der Waals surface area contributed by atoms with E-state index in [0.717, 1.165) is 6.42 Å². The van der Waals surface area contributed by atoms with E-state index in [0.29, 0.717) is 12.4 Å². The molecule has 0 aliphatic heterocycles. The number of nitrogens with one attached hydrogen (secondary N) is 1. The van der Waals surface area contributed by atoms with Crippen molar-refractivity contribution in [3.05, 3.63) is 18.1 Å². The number of anilines is 1. The summed E-state index contributed by atoms with van der Waals surface area (Å²) in [5, 5.41) is 3.16. The van der Waals surface area contributed by atoms with E-state index < -0.39 is 5.97 Å². The molecule has 6 heteroatoms. The van der Waals surface area contributed by atoms with Crippen molar-refractivity contribution >= 4 is 11.8 Å². The highest BCUT2D eigenvalue weighted by molar-refractivity contribution is 5.86. The van der Waals surface area contributed by atoms with E-state index in [1.165, 1.54) is 19.5 Å². The zero-order valence-electron chi connectivity index (χ0n) is 10.3. The van der Waals surface area contributed by atoms with Crippen molar-refractivity contribution < 1.29 is 14.3 Å². The molecule has 0 saturated heterocycles. The van der Waals surface area contributed by atoms with Crippen molar-refractivity contribution in [2.24, 2.45) is 0 Å². The molecule has 0 fully saturated rings. The first kappa shape index (κ1) is 13.4. The first-order chi connectivity index (χ1) is 8.21. The standard InChI is InChI=1S/C11H17N3O3/c1-4-8(7-16-2)14-10-6-12-9(5-13-10)11(15)17-3/h5-6,8H,4,7H2,1-3H3,(H,13,14). The molecule has 1 N–H and O–H groups in total. The van der Waals surface area contributed by atoms with Crippen molar-refractivity contribution in [3.63, 3.8) is 0 Å². The van der Waals surface area contributed by atoms with E-state index in [9.17, 15) is 4.79 Å². The molecule has 1 aromatic rings. The fourth-order valence-corrected chi connectivity index (χ4v) is 1.28. The third-order valence-corrected chi connectivity index (χ3v) is 2.26. The molecule has 17 heavy (non-hydrogen) atoms. The molecule has 6 nitrogen and oxygen atoms in total. The number of carbonyl (C=O) groups excluding carboxylic acids is 1. The Bertz CT molecular complexity index is 353. The number of ether oxygens (including phenoxy) is 2. The molecule has 1 aromatic heterocycles. The summed E-state index contributed by atoms with van der Waals surface area (Å²) in [5.74, 6) is 0.120. The molecule has 0 spiro atoms. The topological polar surface area (TPSA) is 73.3 Å². The molecule has 0 aliphatic carbocycles. The van der Waals surface area contributed by atoms with Crippen LogP contribution in [0.3, 0.4) is 0 Å². The number of esters is 1. The Morgan fingerprint density at radius 2 is 2.18 bits per heavy atom. The molecule has 1 atom stereocenters. The highest BCUT2D eigenvalue weighted by Crippen LogP contribution is 2.06. The molecular weight excluding hydrogens is 222 g/mol. The lowest BCUT2D eigenvalue weighted by Gasteiger charge is -2.16. The smallest absolute Gasteiger partial charge is 0.358 e. The number of methoxy groups -OCH3 is 2. The first-order valence-corrected chi connectivity index (χ1v) is 5.37. The van der Waals surface area contributed by atoms with Crippen LogP contribution in [-0.4, -0.2) is 42.8 Å². The summed E-state index contributed by atoms with van der Waals surface area (Å²) in [7, 11) is 2.96. The molecule has 1 rings (SSSR count). The molecule has 0 saturated carbocycles. The average Bonchev–Trinajstić information content (AvgIpc) is 2.38. The fraction of sp³-hybridized carbons (Fsp3) is 0.545. The number of hydrogen-bond donors (Lipinski definition) is 1. The summed E-state index contributed by atoms with van der Waals surface area (Å²) in [4.78, 5) is 19.2. The van der Waals surface area contributed by atoms with Crippen LogP contribution in [-0.2, 0) is 9.47 Å². The van der Waals surface area contributed by atoms with Crippen molar-refractivity contribution in [3.8, 4) is 0 Å². The lowest BCUT2D eigenvalue weighted by atomic mass is 10.2. The number of aromatic nitrogens is 2. The zero-order chi connectivity index (χ0) is 12.7. The Labute approximate surface area is 100 Å². The van der Waals surface area contributed by atoms with Crippen molar-refractivity contribution in [2.75, 3.05) is 26.1 Å². The van der Waals surface area contributed by atoms with E-state index in [1.807, 2.05) is 6.92 Å². The van der Waals surface area contributed by atoms with Gasteiger partial charge in [-0.1, -0.05) is 6.92 Å². The van der Waals surface area contributed by atoms with Crippen LogP contribution >= 0.6 is 0 Å². The summed E-state index contributed by atoms with van der Waals surface area (Å²) < 4.78 is 9.60. The maximum Gasteiger partial charge on any atom is 0.358 e. The van der Waals surface area contributed by atoms with E-state index in [1.54, 1.807) is 7.11 Å². The highest BCUT2D eigenvalue weighted by atomic mass is 16.5. The van der Waals surface area contributed by atoms with Crippen LogP contribution in [0.4, 0.5) is 5.82 Å². The Morgan fingerprint density at radius 3 is 2.65 bits per heavy atom. The summed E-state index contributed by atoms with van der Waals surface area (Å²) in [5.41, 5.74) is 0.192. The normalized spacial score (nSPS) is 11.9. The van der Waals surface area contributed by atoms with Crippen LogP contribution in [0.25, 0.3) is 0 Å². The van der Waals surface area contributed by atoms with Crippen LogP contribution in [0.1, 0.15) is 23.8 Å². The second-order valence-electron chi connectivity index (χ2n) is 3.48. The van der Waals surface area contributed by atoms with Gasteiger partial charge < -0.3 is 14.8 Å². The van der Waals surface area contributed by atoms with Gasteiger partial charge in [-0.2, -0.15) is 0 Å². The van der Waals surface area contributed by atoms with Gasteiger partial charge in [0.15, 0.2) is 5.69 Å². The monoisotopic (exact) mass is 239 g/mol. The SMILES string of the molecule is CCC(COC)Nc1cnc(C(=O)OC)cn1. The van der Waals surface area contributed by atoms with Crippen molar-refractivity contribution in [2.45, 2.75) is 19.4 Å². The Morgan fingerprint density at radius 1 is 1.41 bits per heavy atom. The van der Waals surface area contributed by atoms with Gasteiger partial charge in [-0.15, -0.1) is 0 Å². The lowest BCUT2D eigenvalue weighted by molar-refractivity contribution is 0.0593. The number of rotatable bonds is 6. The maximum atomic E-state index is 11.1. The third-order valence-electron chi connectivity index (χ3n) is 2.26. The minimum absolute atomic E-state index is 0.179. The van der Waals surface area contributed by atoms with Crippen LogP contribution in [0.2, 0.25) is 0 Å². The minimum atomic E-state index is -0.493. The summed E-state index contributed by atoms with van der Waals surface area (Å²) in [6.07, 6.45) is 3.80. The molecule has 1 unspecified atom stereocenters. The van der Waals surface area contributed by atoms with Gasteiger partial charge in [-0.05, 0) is 6.42 Å². The summed E-state index contributed by atoms with van der Waals surface area (Å²) >= 11 is 0. The molecule has 0 amide bonds. The van der Waals surface area contributed by atoms with E-state index in [-0.39, 0.29) is 11.7 Å². The molecule has 0 radical (unpaired) electrons. The quantitative estimate of drug-likeness (QED) is 0.749. The van der Waals surface area contributed by atoms with E-state index in [4.69, 9.17) is 4.74 Å². The van der Waals surface area contributed by atoms with Gasteiger partial charge in [0.2, 0.25) is 0 Å². The second-order valence-corrected chi connectivity index (χ2v) is 3.48. The van der Waals surface area contributed by atoms with Gasteiger partial charge in [0.05, 0.1) is 32.2 Å². The van der Waals surface area contributed by atoms with Crippen LogP contribution in [0.15, 0.2) is 12.4 Å². The Balaban J connectivity index is 2.64. The fourth-order valence-electron chi connectivity index (χ4n) is 1.28. The van der Waals surface area contributed by atoms with Gasteiger partial charge >= 0.3 is 5.97 Å². The Hall–Kier alpha value is -1.69. The summed E-state index contributed by atoms with van der Waals surface area (Å²) in [6, 6.07) is 0.179. The summed E-state index contributed by atoms with van der Waals surface area (Å²) in [6.45, 7) is 2.64. The number of hydrogen-bond acceptors (Lipinski definition) is 6.